The number of nitrogens with zero attached hydrogens (tertiary/aromatic N) is 4. The number of aryl methyl sites for hydroxylation is 1. The summed E-state index contributed by atoms with van der Waals surface area (Å²) in [7, 11) is 0. The van der Waals surface area contributed by atoms with E-state index in [0.29, 0.717) is 39.8 Å². The molecule has 0 aliphatic heterocycles. The molecular formula is C17H18FN5O2S2. The van der Waals surface area contributed by atoms with Crippen LogP contribution in [0.15, 0.2) is 34.8 Å². The maximum Gasteiger partial charge on any atom is 0.264 e. The third-order valence-electron chi connectivity index (χ3n) is 3.48. The van der Waals surface area contributed by atoms with E-state index in [2.05, 4.69) is 20.6 Å². The number of anilines is 1. The van der Waals surface area contributed by atoms with Crippen molar-refractivity contribution in [1.29, 1.82) is 0 Å². The van der Waals surface area contributed by atoms with Crippen LogP contribution in [0.25, 0.3) is 0 Å². The number of carbonyl (C=O) groups excluding carboxylic acids is 1. The molecule has 1 aromatic carbocycles. The van der Waals surface area contributed by atoms with Crippen LogP contribution in [0.5, 0.6) is 5.88 Å². The summed E-state index contributed by atoms with van der Waals surface area (Å²) in [6.07, 6.45) is 1.64. The number of benzene rings is 1. The normalized spacial score (nSPS) is 10.8. The standard InChI is InChI=1S/C17H18FN5O2S2/c1-3-23-9-13(15(22-23)25-4-2)14(24)19-16-20-21-17(27-16)26-10-11-5-7-12(18)8-6-11/h5-9H,3-4,10H2,1-2H3,(H,19,20,24). The zero-order valence-electron chi connectivity index (χ0n) is 14.8. The average molecular weight is 407 g/mol. The number of amides is 1. The molecule has 0 bridgehead atoms. The summed E-state index contributed by atoms with van der Waals surface area (Å²) < 4.78 is 20.7. The molecular weight excluding hydrogens is 389 g/mol. The van der Waals surface area contributed by atoms with Crippen LogP contribution >= 0.6 is 23.1 Å². The van der Waals surface area contributed by atoms with Crippen molar-refractivity contribution >= 4 is 34.1 Å². The summed E-state index contributed by atoms with van der Waals surface area (Å²) in [5, 5.41) is 15.4. The van der Waals surface area contributed by atoms with Gasteiger partial charge >= 0.3 is 0 Å². The fraction of sp³-hybridized carbons (Fsp3) is 0.294. The molecule has 7 nitrogen and oxygen atoms in total. The SMILES string of the molecule is CCOc1nn(CC)cc1C(=O)Nc1nnc(SCc2ccc(F)cc2)s1. The van der Waals surface area contributed by atoms with Crippen LogP contribution in [0, 0.1) is 5.82 Å². The molecule has 3 rings (SSSR count). The maximum absolute atomic E-state index is 12.9. The smallest absolute Gasteiger partial charge is 0.264 e. The molecule has 1 N–H and O–H groups in total. The summed E-state index contributed by atoms with van der Waals surface area (Å²) in [5.41, 5.74) is 1.34. The Morgan fingerprint density at radius 2 is 2.07 bits per heavy atom. The fourth-order valence-corrected chi connectivity index (χ4v) is 3.88. The molecule has 2 heterocycles. The zero-order valence-corrected chi connectivity index (χ0v) is 16.4. The summed E-state index contributed by atoms with van der Waals surface area (Å²) >= 11 is 2.75. The molecule has 27 heavy (non-hydrogen) atoms. The minimum absolute atomic E-state index is 0.262. The van der Waals surface area contributed by atoms with Crippen molar-refractivity contribution in [2.45, 2.75) is 30.5 Å². The highest BCUT2D eigenvalue weighted by Gasteiger charge is 2.19. The summed E-state index contributed by atoms with van der Waals surface area (Å²) in [6, 6.07) is 6.31. The lowest BCUT2D eigenvalue weighted by molar-refractivity contribution is 0.102. The van der Waals surface area contributed by atoms with E-state index >= 15 is 0 Å². The van der Waals surface area contributed by atoms with E-state index in [0.717, 1.165) is 5.56 Å². The van der Waals surface area contributed by atoms with Gasteiger partial charge in [0.25, 0.3) is 5.91 Å². The van der Waals surface area contributed by atoms with Crippen molar-refractivity contribution < 1.29 is 13.9 Å². The van der Waals surface area contributed by atoms with Crippen molar-refractivity contribution in [3.05, 3.63) is 47.4 Å². The number of hydrogen-bond donors (Lipinski definition) is 1. The van der Waals surface area contributed by atoms with Gasteiger partial charge in [0.1, 0.15) is 11.4 Å². The molecule has 0 atom stereocenters. The molecule has 0 saturated carbocycles. The van der Waals surface area contributed by atoms with Gasteiger partial charge in [0.05, 0.1) is 6.61 Å². The predicted octanol–water partition coefficient (Wildman–Crippen LogP) is 3.84. The Labute approximate surface area is 164 Å². The second-order valence-corrected chi connectivity index (χ2v) is 7.58. The summed E-state index contributed by atoms with van der Waals surface area (Å²) in [6.45, 7) is 4.82. The number of nitrogens with one attached hydrogen (secondary N) is 1. The van der Waals surface area contributed by atoms with Crippen LogP contribution < -0.4 is 10.1 Å². The highest BCUT2D eigenvalue weighted by Crippen LogP contribution is 2.29. The number of hydrogen-bond acceptors (Lipinski definition) is 7. The second kappa shape index (κ2) is 8.96. The third-order valence-corrected chi connectivity index (χ3v) is 5.52. The number of thioether (sulfide) groups is 1. The van der Waals surface area contributed by atoms with Gasteiger partial charge in [0.15, 0.2) is 4.34 Å². The van der Waals surface area contributed by atoms with E-state index in [-0.39, 0.29) is 11.7 Å². The van der Waals surface area contributed by atoms with Crippen molar-refractivity contribution in [3.63, 3.8) is 0 Å². The van der Waals surface area contributed by atoms with Gasteiger partial charge in [-0.2, -0.15) is 0 Å². The first-order valence-corrected chi connectivity index (χ1v) is 10.1. The topological polar surface area (TPSA) is 81.9 Å². The first-order chi connectivity index (χ1) is 13.1. The minimum Gasteiger partial charge on any atom is -0.476 e. The number of ether oxygens (including phenoxy) is 1. The van der Waals surface area contributed by atoms with Crippen LogP contribution in [-0.2, 0) is 12.3 Å². The predicted molar refractivity (Wildman–Crippen MR) is 103 cm³/mol. The molecule has 0 unspecified atom stereocenters. The fourth-order valence-electron chi connectivity index (χ4n) is 2.17. The largest absolute Gasteiger partial charge is 0.476 e. The van der Waals surface area contributed by atoms with E-state index in [1.807, 2.05) is 13.8 Å². The quantitative estimate of drug-likeness (QED) is 0.451. The molecule has 0 saturated heterocycles. The molecule has 3 aromatic rings. The molecule has 0 radical (unpaired) electrons. The van der Waals surface area contributed by atoms with Gasteiger partial charge in [-0.05, 0) is 31.5 Å². The second-order valence-electron chi connectivity index (χ2n) is 5.38. The Bertz CT molecular complexity index is 910. The van der Waals surface area contributed by atoms with Crippen molar-refractivity contribution in [2.24, 2.45) is 0 Å². The van der Waals surface area contributed by atoms with E-state index in [1.54, 1.807) is 23.0 Å². The van der Waals surface area contributed by atoms with Gasteiger partial charge in [0, 0.05) is 18.5 Å². The molecule has 10 heteroatoms. The van der Waals surface area contributed by atoms with E-state index in [1.165, 1.54) is 35.2 Å². The Morgan fingerprint density at radius 3 is 2.78 bits per heavy atom. The van der Waals surface area contributed by atoms with Gasteiger partial charge < -0.3 is 4.74 Å². The van der Waals surface area contributed by atoms with E-state index < -0.39 is 0 Å². The summed E-state index contributed by atoms with van der Waals surface area (Å²) in [5.74, 6) is 0.333. The third kappa shape index (κ3) is 5.04. The monoisotopic (exact) mass is 407 g/mol. The van der Waals surface area contributed by atoms with Crippen LogP contribution in [0.2, 0.25) is 0 Å². The molecule has 0 aliphatic rings. The van der Waals surface area contributed by atoms with Crippen LogP contribution in [-0.4, -0.2) is 32.5 Å². The molecule has 2 aromatic heterocycles. The lowest BCUT2D eigenvalue weighted by Crippen LogP contribution is -2.12. The van der Waals surface area contributed by atoms with Crippen LogP contribution in [0.1, 0.15) is 29.8 Å². The first kappa shape index (κ1) is 19.3. The van der Waals surface area contributed by atoms with E-state index in [4.69, 9.17) is 4.74 Å². The number of carbonyl (C=O) groups is 1. The Balaban J connectivity index is 1.62. The van der Waals surface area contributed by atoms with Gasteiger partial charge in [-0.15, -0.1) is 15.3 Å². The average Bonchev–Trinajstić information content (AvgIpc) is 3.28. The number of aromatic nitrogens is 4. The molecule has 0 fully saturated rings. The molecule has 0 aliphatic carbocycles. The molecule has 1 amide bonds. The molecule has 142 valence electrons. The maximum atomic E-state index is 12.9. The summed E-state index contributed by atoms with van der Waals surface area (Å²) in [4.78, 5) is 12.5. The lowest BCUT2D eigenvalue weighted by atomic mass is 10.2. The van der Waals surface area contributed by atoms with Crippen LogP contribution in [0.4, 0.5) is 9.52 Å². The highest BCUT2D eigenvalue weighted by atomic mass is 32.2. The number of halogens is 1. The van der Waals surface area contributed by atoms with Gasteiger partial charge in [-0.1, -0.05) is 35.2 Å². The Kier molecular flexibility index (Phi) is 6.40. The van der Waals surface area contributed by atoms with Gasteiger partial charge in [-0.3, -0.25) is 14.8 Å². The highest BCUT2D eigenvalue weighted by molar-refractivity contribution is 8.00. The van der Waals surface area contributed by atoms with Crippen molar-refractivity contribution in [3.8, 4) is 5.88 Å². The number of rotatable bonds is 8. The Hall–Kier alpha value is -2.46. The minimum atomic E-state index is -0.343. The van der Waals surface area contributed by atoms with Crippen molar-refractivity contribution in [2.75, 3.05) is 11.9 Å². The van der Waals surface area contributed by atoms with Gasteiger partial charge in [0.2, 0.25) is 11.0 Å². The Morgan fingerprint density at radius 1 is 1.30 bits per heavy atom. The molecule has 0 spiro atoms. The van der Waals surface area contributed by atoms with Gasteiger partial charge in [-0.25, -0.2) is 4.39 Å². The van der Waals surface area contributed by atoms with Crippen LogP contribution in [0.3, 0.4) is 0 Å². The van der Waals surface area contributed by atoms with E-state index in [9.17, 15) is 9.18 Å². The first-order valence-electron chi connectivity index (χ1n) is 8.31. The van der Waals surface area contributed by atoms with Crippen molar-refractivity contribution in [1.82, 2.24) is 20.0 Å². The zero-order chi connectivity index (χ0) is 19.2. The lowest BCUT2D eigenvalue weighted by Gasteiger charge is -2.02.